The molecule has 0 aliphatic carbocycles. The predicted octanol–water partition coefficient (Wildman–Crippen LogP) is 1.68. The zero-order chi connectivity index (χ0) is 7.40. The van der Waals surface area contributed by atoms with Gasteiger partial charge in [0.15, 0.2) is 0 Å². The van der Waals surface area contributed by atoms with E-state index < -0.39 is 0 Å². The molecule has 0 atom stereocenters. The molecule has 1 fully saturated rings. The predicted molar refractivity (Wildman–Crippen MR) is 47.2 cm³/mol. The van der Waals surface area contributed by atoms with Gasteiger partial charge in [-0.15, -0.1) is 0 Å². The number of rotatable bonds is 1. The lowest BCUT2D eigenvalue weighted by Crippen LogP contribution is -2.07. The van der Waals surface area contributed by atoms with Crippen LogP contribution in [0, 0.1) is 0 Å². The van der Waals surface area contributed by atoms with E-state index in [1.54, 1.807) is 28.7 Å². The quantitative estimate of drug-likeness (QED) is 0.403. The van der Waals surface area contributed by atoms with Crippen molar-refractivity contribution in [2.45, 2.75) is 12.8 Å². The van der Waals surface area contributed by atoms with Gasteiger partial charge in [-0.25, -0.2) is 0 Å². The summed E-state index contributed by atoms with van der Waals surface area (Å²) < 4.78 is 5.25. The lowest BCUT2D eigenvalue weighted by molar-refractivity contribution is -0.105. The van der Waals surface area contributed by atoms with Gasteiger partial charge in [0, 0.05) is 22.6 Å². The van der Waals surface area contributed by atoms with E-state index in [0.717, 1.165) is 26.1 Å². The number of ether oxygens (including phenoxy) is 1. The minimum Gasteiger partial charge on any atom is -0.381 e. The zero-order valence-corrected chi connectivity index (χ0v) is 7.76. The minimum absolute atomic E-state index is 0.120. The fourth-order valence-electron chi connectivity index (χ4n) is 0.938. The van der Waals surface area contributed by atoms with Crippen molar-refractivity contribution in [2.24, 2.45) is 0 Å². The van der Waals surface area contributed by atoms with Crippen LogP contribution in [0.2, 0.25) is 0 Å². The first-order valence-electron chi connectivity index (χ1n) is 3.25. The number of allylic oxidation sites excluding steroid dienone is 1. The second-order valence-electron chi connectivity index (χ2n) is 2.22. The SMILES string of the molecule is O=C(I)C=C1CCOCC1. The second kappa shape index (κ2) is 4.08. The maximum Gasteiger partial charge on any atom is 0.215 e. The summed E-state index contributed by atoms with van der Waals surface area (Å²) in [5.74, 6) is 0. The molecular formula is C7H9IO2. The van der Waals surface area contributed by atoms with Crippen LogP contribution >= 0.6 is 22.6 Å². The van der Waals surface area contributed by atoms with E-state index >= 15 is 0 Å². The van der Waals surface area contributed by atoms with Crippen LogP contribution in [0.4, 0.5) is 0 Å². The van der Waals surface area contributed by atoms with Gasteiger partial charge in [-0.05, 0) is 18.9 Å². The van der Waals surface area contributed by atoms with Gasteiger partial charge in [0.1, 0.15) is 0 Å². The summed E-state index contributed by atoms with van der Waals surface area (Å²) in [4.78, 5) is 10.6. The normalized spacial score (nSPS) is 18.7. The minimum atomic E-state index is 0.120. The van der Waals surface area contributed by atoms with Crippen molar-refractivity contribution in [3.05, 3.63) is 11.6 Å². The average Bonchev–Trinajstić information content (AvgIpc) is 1.88. The molecule has 1 aliphatic rings. The zero-order valence-electron chi connectivity index (χ0n) is 5.60. The molecule has 0 saturated carbocycles. The highest BCUT2D eigenvalue weighted by Crippen LogP contribution is 2.13. The number of carbonyl (C=O) groups excluding carboxylic acids is 1. The summed E-state index contributed by atoms with van der Waals surface area (Å²) in [7, 11) is 0. The molecule has 0 unspecified atom stereocenters. The molecule has 0 N–H and O–H groups in total. The first kappa shape index (κ1) is 8.20. The molecule has 0 bridgehead atoms. The smallest absolute Gasteiger partial charge is 0.215 e. The second-order valence-corrected chi connectivity index (χ2v) is 3.28. The maximum atomic E-state index is 10.6. The summed E-state index contributed by atoms with van der Waals surface area (Å²) in [6.07, 6.45) is 3.56. The lowest BCUT2D eigenvalue weighted by Gasteiger charge is -2.13. The molecule has 1 saturated heterocycles. The molecule has 3 heteroatoms. The third-order valence-corrected chi connectivity index (χ3v) is 1.76. The molecular weight excluding hydrogens is 243 g/mol. The fourth-order valence-corrected chi connectivity index (χ4v) is 1.38. The molecule has 0 aromatic carbocycles. The molecule has 1 rings (SSSR count). The van der Waals surface area contributed by atoms with Crippen molar-refractivity contribution in [1.82, 2.24) is 0 Å². The number of halogens is 1. The molecule has 2 nitrogen and oxygen atoms in total. The first-order chi connectivity index (χ1) is 4.79. The van der Waals surface area contributed by atoms with Crippen molar-refractivity contribution < 1.29 is 9.53 Å². The van der Waals surface area contributed by atoms with Crippen LogP contribution in [0.3, 0.4) is 0 Å². The summed E-state index contributed by atoms with van der Waals surface area (Å²) in [5.41, 5.74) is 1.23. The van der Waals surface area contributed by atoms with E-state index in [4.69, 9.17) is 4.74 Å². The van der Waals surface area contributed by atoms with Gasteiger partial charge in [-0.2, -0.15) is 0 Å². The highest BCUT2D eigenvalue weighted by Gasteiger charge is 2.05. The number of hydrogen-bond donors (Lipinski definition) is 0. The van der Waals surface area contributed by atoms with Crippen LogP contribution in [0.5, 0.6) is 0 Å². The van der Waals surface area contributed by atoms with Crippen LogP contribution < -0.4 is 0 Å². The van der Waals surface area contributed by atoms with Crippen LogP contribution in [0.25, 0.3) is 0 Å². The van der Waals surface area contributed by atoms with Crippen LogP contribution in [-0.4, -0.2) is 17.0 Å². The van der Waals surface area contributed by atoms with Crippen molar-refractivity contribution in [3.63, 3.8) is 0 Å². The topological polar surface area (TPSA) is 26.3 Å². The van der Waals surface area contributed by atoms with E-state index in [-0.39, 0.29) is 3.79 Å². The maximum absolute atomic E-state index is 10.6. The van der Waals surface area contributed by atoms with Crippen LogP contribution in [-0.2, 0) is 9.53 Å². The van der Waals surface area contributed by atoms with Gasteiger partial charge in [0.2, 0.25) is 3.79 Å². The highest BCUT2D eigenvalue weighted by molar-refractivity contribution is 14.1. The third-order valence-electron chi connectivity index (χ3n) is 1.45. The van der Waals surface area contributed by atoms with Gasteiger partial charge < -0.3 is 4.74 Å². The Kier molecular flexibility index (Phi) is 3.34. The molecule has 0 spiro atoms. The van der Waals surface area contributed by atoms with Crippen molar-refractivity contribution >= 4 is 26.4 Å². The Labute approximate surface area is 73.8 Å². The Bertz CT molecular complexity index is 155. The fraction of sp³-hybridized carbons (Fsp3) is 0.571. The molecule has 1 heterocycles. The average molecular weight is 252 g/mol. The Morgan fingerprint density at radius 2 is 2.10 bits per heavy atom. The van der Waals surface area contributed by atoms with Crippen molar-refractivity contribution in [3.8, 4) is 0 Å². The molecule has 1 aliphatic heterocycles. The first-order valence-corrected chi connectivity index (χ1v) is 4.33. The van der Waals surface area contributed by atoms with Gasteiger partial charge in [-0.1, -0.05) is 5.57 Å². The summed E-state index contributed by atoms with van der Waals surface area (Å²) in [6.45, 7) is 1.55. The van der Waals surface area contributed by atoms with E-state index in [1.807, 2.05) is 0 Å². The van der Waals surface area contributed by atoms with Crippen LogP contribution in [0.15, 0.2) is 11.6 Å². The monoisotopic (exact) mass is 252 g/mol. The Morgan fingerprint density at radius 3 is 2.60 bits per heavy atom. The molecule has 10 heavy (non-hydrogen) atoms. The number of carbonyl (C=O) groups is 1. The van der Waals surface area contributed by atoms with E-state index in [2.05, 4.69) is 0 Å². The lowest BCUT2D eigenvalue weighted by atomic mass is 10.1. The third kappa shape index (κ3) is 2.79. The highest BCUT2D eigenvalue weighted by atomic mass is 127. The van der Waals surface area contributed by atoms with E-state index in [1.165, 1.54) is 5.57 Å². The Morgan fingerprint density at radius 1 is 1.50 bits per heavy atom. The van der Waals surface area contributed by atoms with E-state index in [9.17, 15) is 4.79 Å². The Balaban J connectivity index is 2.45. The largest absolute Gasteiger partial charge is 0.381 e. The Hall–Kier alpha value is 0.1000. The van der Waals surface area contributed by atoms with Crippen molar-refractivity contribution in [1.29, 1.82) is 0 Å². The molecule has 56 valence electrons. The molecule has 0 radical (unpaired) electrons. The molecule has 0 amide bonds. The summed E-state index contributed by atoms with van der Waals surface area (Å²) >= 11 is 1.79. The van der Waals surface area contributed by atoms with Crippen molar-refractivity contribution in [2.75, 3.05) is 13.2 Å². The van der Waals surface area contributed by atoms with Gasteiger partial charge in [0.05, 0.1) is 13.2 Å². The van der Waals surface area contributed by atoms with Gasteiger partial charge >= 0.3 is 0 Å². The summed E-state index contributed by atoms with van der Waals surface area (Å²) in [5, 5.41) is 0. The van der Waals surface area contributed by atoms with E-state index in [0.29, 0.717) is 0 Å². The van der Waals surface area contributed by atoms with Gasteiger partial charge in [-0.3, -0.25) is 4.79 Å². The standard InChI is InChI=1S/C7H9IO2/c8-7(9)5-6-1-3-10-4-2-6/h5H,1-4H2. The van der Waals surface area contributed by atoms with Crippen LogP contribution in [0.1, 0.15) is 12.8 Å². The molecule has 0 aromatic heterocycles. The van der Waals surface area contributed by atoms with Gasteiger partial charge in [0.25, 0.3) is 0 Å². The molecule has 0 aromatic rings. The summed E-state index contributed by atoms with van der Waals surface area (Å²) in [6, 6.07) is 0. The number of hydrogen-bond acceptors (Lipinski definition) is 2.